The zero-order chi connectivity index (χ0) is 17.1. The summed E-state index contributed by atoms with van der Waals surface area (Å²) in [4.78, 5) is 7.26. The summed E-state index contributed by atoms with van der Waals surface area (Å²) in [7, 11) is 0. The van der Waals surface area contributed by atoms with Crippen molar-refractivity contribution in [2.75, 3.05) is 29.9 Å². The first-order valence-electron chi connectivity index (χ1n) is 11.0. The smallest absolute Gasteiger partial charge is 0.128 e. The third-order valence-electron chi connectivity index (χ3n) is 8.36. The van der Waals surface area contributed by atoms with Gasteiger partial charge in [0.05, 0.1) is 0 Å². The molecule has 2 saturated heterocycles. The molecule has 2 aliphatic heterocycles. The van der Waals surface area contributed by atoms with E-state index in [1.165, 1.54) is 63.7 Å². The summed E-state index contributed by atoms with van der Waals surface area (Å²) in [6.45, 7) is 3.57. The Morgan fingerprint density at radius 3 is 2.92 bits per heavy atom. The van der Waals surface area contributed by atoms with E-state index in [0.29, 0.717) is 12.1 Å². The zero-order valence-electron chi connectivity index (χ0n) is 15.7. The molecule has 2 N–H and O–H groups in total. The van der Waals surface area contributed by atoms with E-state index >= 15 is 0 Å². The summed E-state index contributed by atoms with van der Waals surface area (Å²) < 4.78 is 0. The van der Waals surface area contributed by atoms with Crippen molar-refractivity contribution >= 4 is 11.5 Å². The summed E-state index contributed by atoms with van der Waals surface area (Å²) in [5.74, 6) is 5.89. The Kier molecular flexibility index (Phi) is 3.70. The molecule has 3 bridgehead atoms. The predicted octanol–water partition coefficient (Wildman–Crippen LogP) is 3.51. The van der Waals surface area contributed by atoms with Crippen molar-refractivity contribution < 1.29 is 0 Å². The van der Waals surface area contributed by atoms with Crippen molar-refractivity contribution in [3.63, 3.8) is 0 Å². The van der Waals surface area contributed by atoms with Gasteiger partial charge in [0.1, 0.15) is 5.82 Å². The first-order chi connectivity index (χ1) is 12.8. The minimum Gasteiger partial charge on any atom is -0.369 e. The minimum absolute atomic E-state index is 0.651. The summed E-state index contributed by atoms with van der Waals surface area (Å²) in [5.41, 5.74) is 1.36. The molecular weight excluding hydrogens is 320 g/mol. The summed E-state index contributed by atoms with van der Waals surface area (Å²) >= 11 is 0. The third kappa shape index (κ3) is 2.64. The number of pyridine rings is 1. The largest absolute Gasteiger partial charge is 0.369 e. The molecular formula is C22H32N4. The summed E-state index contributed by atoms with van der Waals surface area (Å²) in [6, 6.07) is 5.87. The number of nitrogens with zero attached hydrogens (tertiary/aromatic N) is 2. The van der Waals surface area contributed by atoms with Crippen LogP contribution in [0.2, 0.25) is 0 Å². The normalized spacial score (nSPS) is 43.5. The van der Waals surface area contributed by atoms with Crippen LogP contribution in [0.15, 0.2) is 18.3 Å². The van der Waals surface area contributed by atoms with Crippen LogP contribution in [0.1, 0.15) is 44.9 Å². The van der Waals surface area contributed by atoms with Gasteiger partial charge in [-0.1, -0.05) is 0 Å². The second-order valence-electron chi connectivity index (χ2n) is 9.84. The lowest BCUT2D eigenvalue weighted by Gasteiger charge is -2.28. The van der Waals surface area contributed by atoms with Crippen LogP contribution in [0.5, 0.6) is 0 Å². The van der Waals surface area contributed by atoms with E-state index in [9.17, 15) is 0 Å². The van der Waals surface area contributed by atoms with Crippen LogP contribution in [-0.4, -0.2) is 36.7 Å². The predicted molar refractivity (Wildman–Crippen MR) is 105 cm³/mol. The van der Waals surface area contributed by atoms with Gasteiger partial charge in [0.25, 0.3) is 0 Å². The monoisotopic (exact) mass is 352 g/mol. The molecule has 1 aromatic heterocycles. The SMILES string of the molecule is c1cc(N2C[C@H]3CCN[C@H]3C2)cc(NC2CCC3CC4CC(C3)C2C4)n1. The number of anilines is 2. The van der Waals surface area contributed by atoms with Crippen LogP contribution >= 0.6 is 0 Å². The standard InChI is InChI=1S/C22H32N4/c1-2-20(19-10-15-7-14(1)8-17(19)9-15)25-22-11-18(4-6-24-22)26-12-16-3-5-23-21(16)13-26/h4,6,11,14-17,19-21,23H,1-3,5,7-10,12-13H2,(H,24,25)/t14?,15?,16-,17?,19?,20?,21+/m1/s1. The van der Waals surface area contributed by atoms with Gasteiger partial charge in [-0.05, 0) is 87.1 Å². The average Bonchev–Trinajstić information content (AvgIpc) is 3.30. The molecule has 3 aliphatic carbocycles. The molecule has 7 atom stereocenters. The fourth-order valence-electron chi connectivity index (χ4n) is 7.22. The van der Waals surface area contributed by atoms with Gasteiger partial charge in [-0.3, -0.25) is 0 Å². The van der Waals surface area contributed by atoms with Gasteiger partial charge in [0.2, 0.25) is 0 Å². The molecule has 3 saturated carbocycles. The Morgan fingerprint density at radius 1 is 1.00 bits per heavy atom. The highest BCUT2D eigenvalue weighted by atomic mass is 15.2. The van der Waals surface area contributed by atoms with Crippen molar-refractivity contribution in [1.82, 2.24) is 10.3 Å². The third-order valence-corrected chi connectivity index (χ3v) is 8.36. The van der Waals surface area contributed by atoms with E-state index in [-0.39, 0.29) is 0 Å². The molecule has 0 radical (unpaired) electrons. The number of aromatic nitrogens is 1. The summed E-state index contributed by atoms with van der Waals surface area (Å²) in [6.07, 6.45) is 12.2. The van der Waals surface area contributed by atoms with E-state index in [0.717, 1.165) is 42.0 Å². The van der Waals surface area contributed by atoms with Gasteiger partial charge in [-0.2, -0.15) is 0 Å². The van der Waals surface area contributed by atoms with E-state index in [1.807, 2.05) is 6.20 Å². The highest BCUT2D eigenvalue weighted by Gasteiger charge is 2.46. The van der Waals surface area contributed by atoms with Gasteiger partial charge in [0.15, 0.2) is 0 Å². The van der Waals surface area contributed by atoms with E-state index in [1.54, 1.807) is 0 Å². The van der Waals surface area contributed by atoms with Gasteiger partial charge in [0, 0.05) is 43.1 Å². The molecule has 5 unspecified atom stereocenters. The molecule has 0 amide bonds. The van der Waals surface area contributed by atoms with Crippen LogP contribution in [0, 0.1) is 29.6 Å². The van der Waals surface area contributed by atoms with E-state index in [2.05, 4.69) is 27.7 Å². The quantitative estimate of drug-likeness (QED) is 0.873. The first-order valence-corrected chi connectivity index (χ1v) is 11.0. The lowest BCUT2D eigenvalue weighted by atomic mass is 9.80. The zero-order valence-corrected chi connectivity index (χ0v) is 15.7. The molecule has 26 heavy (non-hydrogen) atoms. The molecule has 0 spiro atoms. The molecule has 1 aromatic rings. The van der Waals surface area contributed by atoms with Crippen LogP contribution in [-0.2, 0) is 0 Å². The highest BCUT2D eigenvalue weighted by molar-refractivity contribution is 5.55. The van der Waals surface area contributed by atoms with Crippen molar-refractivity contribution in [2.24, 2.45) is 29.6 Å². The van der Waals surface area contributed by atoms with Crippen molar-refractivity contribution in [2.45, 2.75) is 57.0 Å². The molecule has 0 aromatic carbocycles. The number of nitrogens with one attached hydrogen (secondary N) is 2. The number of hydrogen-bond acceptors (Lipinski definition) is 4. The highest BCUT2D eigenvalue weighted by Crippen LogP contribution is 2.53. The lowest BCUT2D eigenvalue weighted by molar-refractivity contribution is 0.254. The van der Waals surface area contributed by atoms with Gasteiger partial charge in [-0.15, -0.1) is 0 Å². The lowest BCUT2D eigenvalue weighted by Crippen LogP contribution is -2.31. The maximum atomic E-state index is 4.70. The van der Waals surface area contributed by atoms with E-state index < -0.39 is 0 Å². The fourth-order valence-corrected chi connectivity index (χ4v) is 7.22. The Morgan fingerprint density at radius 2 is 1.96 bits per heavy atom. The molecule has 4 nitrogen and oxygen atoms in total. The number of fused-ring (bicyclic) bond motifs is 3. The van der Waals surface area contributed by atoms with Crippen LogP contribution < -0.4 is 15.5 Å². The van der Waals surface area contributed by atoms with Crippen molar-refractivity contribution in [1.29, 1.82) is 0 Å². The first kappa shape index (κ1) is 15.7. The fraction of sp³-hybridized carbons (Fsp3) is 0.773. The average molecular weight is 353 g/mol. The van der Waals surface area contributed by atoms with Crippen LogP contribution in [0.25, 0.3) is 0 Å². The Bertz CT molecular complexity index is 664. The molecule has 140 valence electrons. The van der Waals surface area contributed by atoms with Gasteiger partial charge >= 0.3 is 0 Å². The van der Waals surface area contributed by atoms with E-state index in [4.69, 9.17) is 4.98 Å². The van der Waals surface area contributed by atoms with Gasteiger partial charge in [-0.25, -0.2) is 4.98 Å². The molecule has 4 heteroatoms. The maximum Gasteiger partial charge on any atom is 0.128 e. The molecule has 5 fully saturated rings. The molecule has 6 rings (SSSR count). The van der Waals surface area contributed by atoms with Gasteiger partial charge < -0.3 is 15.5 Å². The number of rotatable bonds is 3. The minimum atomic E-state index is 0.651. The molecule has 5 aliphatic rings. The van der Waals surface area contributed by atoms with Crippen LogP contribution in [0.4, 0.5) is 11.5 Å². The molecule has 3 heterocycles. The Hall–Kier alpha value is -1.29. The maximum absolute atomic E-state index is 4.70. The van der Waals surface area contributed by atoms with Crippen molar-refractivity contribution in [3.05, 3.63) is 18.3 Å². The Labute approximate surface area is 157 Å². The van der Waals surface area contributed by atoms with Crippen molar-refractivity contribution in [3.8, 4) is 0 Å². The van der Waals surface area contributed by atoms with Crippen LogP contribution in [0.3, 0.4) is 0 Å². The number of hydrogen-bond donors (Lipinski definition) is 2. The second-order valence-corrected chi connectivity index (χ2v) is 9.84. The Balaban J connectivity index is 1.19. The topological polar surface area (TPSA) is 40.2 Å². The summed E-state index contributed by atoms with van der Waals surface area (Å²) in [5, 5.41) is 7.56. The second kappa shape index (κ2) is 6.12.